The minimum absolute atomic E-state index is 0.0419. The molecule has 0 bridgehead atoms. The van der Waals surface area contributed by atoms with Gasteiger partial charge in [-0.2, -0.15) is 30.6 Å². The highest BCUT2D eigenvalue weighted by molar-refractivity contribution is 5.77. The van der Waals surface area contributed by atoms with Crippen LogP contribution in [0.25, 0.3) is 28.2 Å². The normalized spacial score (nSPS) is 24.4. The van der Waals surface area contributed by atoms with Crippen molar-refractivity contribution >= 4 is 5.52 Å². The smallest absolute Gasteiger partial charge is 0.169 e. The number of nitrogens with zero attached hydrogens (tertiary/aromatic N) is 10. The highest BCUT2D eigenvalue weighted by atomic mass is 16.5. The molecule has 4 aromatic heterocycles. The lowest BCUT2D eigenvalue weighted by atomic mass is 9.67. The van der Waals surface area contributed by atoms with Crippen LogP contribution < -0.4 is 0 Å². The monoisotopic (exact) mass is 454 g/mol. The van der Waals surface area contributed by atoms with Gasteiger partial charge < -0.3 is 4.74 Å². The van der Waals surface area contributed by atoms with Gasteiger partial charge in [-0.15, -0.1) is 5.10 Å². The molecule has 5 heterocycles. The molecular formula is C23H22N10O. The Hall–Kier alpha value is -4.09. The van der Waals surface area contributed by atoms with Crippen molar-refractivity contribution in [3.05, 3.63) is 37.1 Å². The second-order valence-electron chi connectivity index (χ2n) is 8.97. The Labute approximate surface area is 195 Å². The summed E-state index contributed by atoms with van der Waals surface area (Å²) in [5.41, 5.74) is 3.20. The molecule has 1 saturated carbocycles. The lowest BCUT2D eigenvalue weighted by molar-refractivity contribution is -0.0479. The molecule has 11 nitrogen and oxygen atoms in total. The number of hydrogen-bond donors (Lipinski definition) is 0. The second kappa shape index (κ2) is 8.04. The van der Waals surface area contributed by atoms with Crippen molar-refractivity contribution in [1.82, 2.24) is 39.4 Å². The van der Waals surface area contributed by atoms with Gasteiger partial charge in [0.2, 0.25) is 0 Å². The van der Waals surface area contributed by atoms with Crippen LogP contribution in [0, 0.1) is 28.6 Å². The van der Waals surface area contributed by atoms with E-state index in [0.29, 0.717) is 36.3 Å². The molecule has 0 aromatic carbocycles. The highest BCUT2D eigenvalue weighted by Gasteiger charge is 2.46. The molecule has 170 valence electrons. The van der Waals surface area contributed by atoms with E-state index in [1.165, 1.54) is 0 Å². The largest absolute Gasteiger partial charge is 0.355 e. The zero-order valence-corrected chi connectivity index (χ0v) is 18.4. The molecule has 1 atom stereocenters. The maximum Gasteiger partial charge on any atom is 0.169 e. The van der Waals surface area contributed by atoms with Gasteiger partial charge in [-0.25, -0.2) is 9.50 Å². The van der Waals surface area contributed by atoms with Gasteiger partial charge in [-0.1, -0.05) is 0 Å². The molecule has 1 aliphatic carbocycles. The molecule has 2 fully saturated rings. The van der Waals surface area contributed by atoms with E-state index < -0.39 is 5.54 Å². The Morgan fingerprint density at radius 1 is 1.09 bits per heavy atom. The van der Waals surface area contributed by atoms with E-state index in [1.807, 2.05) is 23.1 Å². The zero-order valence-electron chi connectivity index (χ0n) is 18.4. The first-order valence-corrected chi connectivity index (χ1v) is 11.4. The van der Waals surface area contributed by atoms with Gasteiger partial charge in [-0.05, 0) is 38.2 Å². The molecule has 4 aromatic rings. The first kappa shape index (κ1) is 20.5. The quantitative estimate of drug-likeness (QED) is 0.449. The molecule has 0 spiro atoms. The Morgan fingerprint density at radius 3 is 2.79 bits per heavy atom. The van der Waals surface area contributed by atoms with Crippen LogP contribution in [0.2, 0.25) is 0 Å². The third kappa shape index (κ3) is 3.33. The predicted molar refractivity (Wildman–Crippen MR) is 119 cm³/mol. The third-order valence-corrected chi connectivity index (χ3v) is 6.76. The summed E-state index contributed by atoms with van der Waals surface area (Å²) < 4.78 is 9.40. The Bertz CT molecular complexity index is 1420. The summed E-state index contributed by atoms with van der Waals surface area (Å²) in [4.78, 5) is 6.52. The van der Waals surface area contributed by atoms with Gasteiger partial charge in [-0.3, -0.25) is 4.68 Å². The number of hydrogen-bond acceptors (Lipinski definition) is 8. The van der Waals surface area contributed by atoms with E-state index in [9.17, 15) is 10.5 Å². The van der Waals surface area contributed by atoms with Crippen molar-refractivity contribution in [3.63, 3.8) is 0 Å². The summed E-state index contributed by atoms with van der Waals surface area (Å²) in [6, 6.07) is 6.46. The molecular weight excluding hydrogens is 432 g/mol. The van der Waals surface area contributed by atoms with Crippen molar-refractivity contribution in [2.24, 2.45) is 5.92 Å². The van der Waals surface area contributed by atoms with Crippen LogP contribution >= 0.6 is 0 Å². The van der Waals surface area contributed by atoms with Crippen LogP contribution in [0.1, 0.15) is 44.8 Å². The zero-order chi connectivity index (χ0) is 23.1. The lowest BCUT2D eigenvalue weighted by Crippen LogP contribution is -2.46. The average Bonchev–Trinajstić information content (AvgIpc) is 3.61. The summed E-state index contributed by atoms with van der Waals surface area (Å²) in [5, 5.41) is 36.6. The summed E-state index contributed by atoms with van der Waals surface area (Å²) in [6.07, 6.45) is 13.4. The van der Waals surface area contributed by atoms with Crippen molar-refractivity contribution in [3.8, 4) is 34.8 Å². The van der Waals surface area contributed by atoms with E-state index in [-0.39, 0.29) is 12.1 Å². The number of aromatic nitrogens is 8. The standard InChI is InChI=1S/C23H22N10O/c24-6-5-23(9-16(10-23)11-25)32-14-17(12-27-32)22-20-4-7-26-31(20)15-19(29-22)18-13-28-33(30-18)21-3-1-2-8-34-21/h4,7,12-16,21H,1-3,5,8-10H2/t16-,21?,23-. The predicted octanol–water partition coefficient (Wildman–Crippen LogP) is 3.09. The first-order chi connectivity index (χ1) is 16.7. The Balaban J connectivity index is 1.37. The van der Waals surface area contributed by atoms with E-state index in [4.69, 9.17) is 9.72 Å². The minimum atomic E-state index is -0.440. The maximum atomic E-state index is 9.36. The van der Waals surface area contributed by atoms with Crippen LogP contribution in [0.4, 0.5) is 0 Å². The van der Waals surface area contributed by atoms with E-state index in [0.717, 1.165) is 36.9 Å². The molecule has 1 aliphatic heterocycles. The molecule has 34 heavy (non-hydrogen) atoms. The highest BCUT2D eigenvalue weighted by Crippen LogP contribution is 2.46. The van der Waals surface area contributed by atoms with Crippen LogP contribution in [-0.2, 0) is 10.3 Å². The van der Waals surface area contributed by atoms with E-state index in [2.05, 4.69) is 32.5 Å². The Kier molecular flexibility index (Phi) is 4.85. The molecule has 0 N–H and O–H groups in total. The van der Waals surface area contributed by atoms with Gasteiger partial charge in [0.05, 0.1) is 66.0 Å². The van der Waals surface area contributed by atoms with E-state index >= 15 is 0 Å². The van der Waals surface area contributed by atoms with Crippen molar-refractivity contribution in [2.45, 2.75) is 50.3 Å². The van der Waals surface area contributed by atoms with Gasteiger partial charge in [0.15, 0.2) is 6.23 Å². The number of rotatable bonds is 5. The SMILES string of the molecule is N#CC[C@]1(n2cc(-c3nc(-c4cnn(C5CCCCO5)n4)cn4nccc34)cn2)C[C@H](C#N)C1. The second-order valence-corrected chi connectivity index (χ2v) is 8.97. The van der Waals surface area contributed by atoms with Crippen molar-refractivity contribution < 1.29 is 4.74 Å². The van der Waals surface area contributed by atoms with Gasteiger partial charge in [0.25, 0.3) is 0 Å². The molecule has 1 saturated heterocycles. The third-order valence-electron chi connectivity index (χ3n) is 6.76. The molecule has 11 heteroatoms. The average molecular weight is 454 g/mol. The van der Waals surface area contributed by atoms with Crippen LogP contribution in [0.5, 0.6) is 0 Å². The number of fused-ring (bicyclic) bond motifs is 1. The molecule has 1 unspecified atom stereocenters. The molecule has 6 rings (SSSR count). The van der Waals surface area contributed by atoms with Gasteiger partial charge >= 0.3 is 0 Å². The summed E-state index contributed by atoms with van der Waals surface area (Å²) in [5.74, 6) is -0.0419. The van der Waals surface area contributed by atoms with Crippen LogP contribution in [0.3, 0.4) is 0 Å². The molecule has 0 radical (unpaired) electrons. The van der Waals surface area contributed by atoms with Gasteiger partial charge in [0, 0.05) is 18.4 Å². The Morgan fingerprint density at radius 2 is 2.00 bits per heavy atom. The minimum Gasteiger partial charge on any atom is -0.355 e. The fourth-order valence-corrected chi connectivity index (χ4v) is 4.91. The first-order valence-electron chi connectivity index (χ1n) is 11.4. The summed E-state index contributed by atoms with van der Waals surface area (Å²) >= 11 is 0. The number of nitriles is 2. The fraction of sp³-hybridized carbons (Fsp3) is 0.435. The van der Waals surface area contributed by atoms with Crippen molar-refractivity contribution in [1.29, 1.82) is 10.5 Å². The van der Waals surface area contributed by atoms with Crippen LogP contribution in [-0.4, -0.2) is 46.0 Å². The van der Waals surface area contributed by atoms with Crippen molar-refractivity contribution in [2.75, 3.05) is 6.61 Å². The molecule has 0 amide bonds. The summed E-state index contributed by atoms with van der Waals surface area (Å²) in [6.45, 7) is 0.718. The van der Waals surface area contributed by atoms with Crippen LogP contribution in [0.15, 0.2) is 37.1 Å². The lowest BCUT2D eigenvalue weighted by Gasteiger charge is -2.43. The van der Waals surface area contributed by atoms with Gasteiger partial charge in [0.1, 0.15) is 11.4 Å². The maximum absolute atomic E-state index is 9.36. The molecule has 2 aliphatic rings. The summed E-state index contributed by atoms with van der Waals surface area (Å²) in [7, 11) is 0. The van der Waals surface area contributed by atoms with E-state index in [1.54, 1.807) is 27.9 Å². The topological polar surface area (TPSA) is 136 Å². The number of ether oxygens (including phenoxy) is 1. The fourth-order valence-electron chi connectivity index (χ4n) is 4.91.